The number of likely N-dealkylation sites (tertiary alicyclic amines) is 1. The molecule has 0 saturated carbocycles. The SMILES string of the molecule is COCC(=O)N1CCC(C(=O)n2cc(C(C#N)=Cc3cccc4cnccc34)c3ccccc32)CC1. The number of carbonyl (C=O) groups is 2. The highest BCUT2D eigenvalue weighted by Crippen LogP contribution is 2.31. The molecule has 0 aliphatic carbocycles. The number of pyridine rings is 1. The molecule has 4 aromatic rings. The van der Waals surface area contributed by atoms with Gasteiger partial charge in [0.15, 0.2) is 0 Å². The molecule has 2 aromatic heterocycles. The van der Waals surface area contributed by atoms with Crippen LogP contribution < -0.4 is 0 Å². The van der Waals surface area contributed by atoms with E-state index in [1.54, 1.807) is 28.1 Å². The summed E-state index contributed by atoms with van der Waals surface area (Å²) in [6.07, 6.45) is 8.40. The molecule has 1 saturated heterocycles. The molecule has 0 unspecified atom stereocenters. The first-order chi connectivity index (χ1) is 17.6. The Labute approximate surface area is 209 Å². The molecule has 1 aliphatic heterocycles. The first-order valence-electron chi connectivity index (χ1n) is 12.0. The summed E-state index contributed by atoms with van der Waals surface area (Å²) >= 11 is 0. The maximum absolute atomic E-state index is 13.6. The van der Waals surface area contributed by atoms with Gasteiger partial charge in [0.05, 0.1) is 17.2 Å². The highest BCUT2D eigenvalue weighted by molar-refractivity contribution is 6.06. The number of nitriles is 1. The number of allylic oxidation sites excluding steroid dienone is 1. The molecule has 2 aromatic carbocycles. The summed E-state index contributed by atoms with van der Waals surface area (Å²) in [5, 5.41) is 13.0. The van der Waals surface area contributed by atoms with Crippen molar-refractivity contribution in [1.82, 2.24) is 14.5 Å². The van der Waals surface area contributed by atoms with Crippen LogP contribution in [0.1, 0.15) is 28.8 Å². The van der Waals surface area contributed by atoms with E-state index in [-0.39, 0.29) is 24.3 Å². The summed E-state index contributed by atoms with van der Waals surface area (Å²) in [5.74, 6) is -0.254. The zero-order valence-electron chi connectivity index (χ0n) is 20.1. The van der Waals surface area contributed by atoms with Gasteiger partial charge in [-0.1, -0.05) is 36.4 Å². The Morgan fingerprint density at radius 1 is 1.11 bits per heavy atom. The van der Waals surface area contributed by atoms with Gasteiger partial charge in [-0.2, -0.15) is 5.26 Å². The van der Waals surface area contributed by atoms with E-state index in [9.17, 15) is 14.9 Å². The summed E-state index contributed by atoms with van der Waals surface area (Å²) in [7, 11) is 1.50. The third-order valence-corrected chi connectivity index (χ3v) is 6.84. The third kappa shape index (κ3) is 4.39. The molecule has 7 nitrogen and oxygen atoms in total. The van der Waals surface area contributed by atoms with Crippen molar-refractivity contribution in [2.24, 2.45) is 5.92 Å². The number of para-hydroxylation sites is 1. The Bertz CT molecular complexity index is 1520. The van der Waals surface area contributed by atoms with Crippen molar-refractivity contribution in [1.29, 1.82) is 5.26 Å². The Hall–Kier alpha value is -4.28. The average molecular weight is 479 g/mol. The van der Waals surface area contributed by atoms with E-state index >= 15 is 0 Å². The van der Waals surface area contributed by atoms with E-state index in [1.165, 1.54) is 7.11 Å². The van der Waals surface area contributed by atoms with Gasteiger partial charge in [0.1, 0.15) is 6.61 Å². The van der Waals surface area contributed by atoms with E-state index in [2.05, 4.69) is 11.1 Å². The predicted octanol–water partition coefficient (Wildman–Crippen LogP) is 4.78. The van der Waals surface area contributed by atoms with E-state index in [1.807, 2.05) is 54.6 Å². The summed E-state index contributed by atoms with van der Waals surface area (Å²) in [6.45, 7) is 1.12. The molecule has 7 heteroatoms. The van der Waals surface area contributed by atoms with Gasteiger partial charge in [-0.15, -0.1) is 0 Å². The minimum atomic E-state index is -0.194. The van der Waals surface area contributed by atoms with Crippen LogP contribution in [0.2, 0.25) is 0 Å². The van der Waals surface area contributed by atoms with Gasteiger partial charge in [-0.3, -0.25) is 19.1 Å². The topological polar surface area (TPSA) is 88.2 Å². The summed E-state index contributed by atoms with van der Waals surface area (Å²) in [4.78, 5) is 31.7. The number of rotatable bonds is 5. The van der Waals surface area contributed by atoms with Crippen LogP contribution >= 0.6 is 0 Å². The fourth-order valence-electron chi connectivity index (χ4n) is 4.96. The number of hydrogen-bond donors (Lipinski definition) is 0. The van der Waals surface area contributed by atoms with Crippen LogP contribution in [0.4, 0.5) is 0 Å². The van der Waals surface area contributed by atoms with E-state index in [4.69, 9.17) is 4.74 Å². The molecule has 1 fully saturated rings. The van der Waals surface area contributed by atoms with Crippen LogP contribution in [0.15, 0.2) is 67.1 Å². The van der Waals surface area contributed by atoms with Crippen LogP contribution in [0.25, 0.3) is 33.3 Å². The van der Waals surface area contributed by atoms with E-state index in [0.29, 0.717) is 31.5 Å². The van der Waals surface area contributed by atoms with Crippen molar-refractivity contribution < 1.29 is 14.3 Å². The normalized spacial score (nSPS) is 14.8. The van der Waals surface area contributed by atoms with Crippen molar-refractivity contribution in [3.63, 3.8) is 0 Å². The zero-order valence-corrected chi connectivity index (χ0v) is 20.1. The first-order valence-corrected chi connectivity index (χ1v) is 12.0. The number of hydrogen-bond acceptors (Lipinski definition) is 5. The second-order valence-electron chi connectivity index (χ2n) is 8.97. The lowest BCUT2D eigenvalue weighted by molar-refractivity contribution is -0.136. The molecular weight excluding hydrogens is 452 g/mol. The summed E-state index contributed by atoms with van der Waals surface area (Å²) in [5.41, 5.74) is 2.91. The van der Waals surface area contributed by atoms with Gasteiger partial charge in [-0.25, -0.2) is 0 Å². The van der Waals surface area contributed by atoms with Crippen LogP contribution in [-0.4, -0.2) is 53.1 Å². The molecule has 5 rings (SSSR count). The minimum Gasteiger partial charge on any atom is -0.375 e. The number of aromatic nitrogens is 2. The average Bonchev–Trinajstić information content (AvgIpc) is 3.31. The maximum Gasteiger partial charge on any atom is 0.248 e. The quantitative estimate of drug-likeness (QED) is 0.385. The van der Waals surface area contributed by atoms with Crippen molar-refractivity contribution >= 4 is 45.1 Å². The number of amides is 1. The van der Waals surface area contributed by atoms with Crippen LogP contribution in [-0.2, 0) is 9.53 Å². The molecule has 0 radical (unpaired) electrons. The monoisotopic (exact) mass is 478 g/mol. The Balaban J connectivity index is 1.49. The molecule has 180 valence electrons. The number of nitrogens with zero attached hydrogens (tertiary/aromatic N) is 4. The fourth-order valence-corrected chi connectivity index (χ4v) is 4.96. The second-order valence-corrected chi connectivity index (χ2v) is 8.97. The van der Waals surface area contributed by atoms with Gasteiger partial charge >= 0.3 is 0 Å². The summed E-state index contributed by atoms with van der Waals surface area (Å²) < 4.78 is 6.63. The van der Waals surface area contributed by atoms with Gasteiger partial charge in [-0.05, 0) is 42.0 Å². The van der Waals surface area contributed by atoms with E-state index < -0.39 is 0 Å². The molecule has 0 bridgehead atoms. The molecule has 0 atom stereocenters. The molecule has 1 amide bonds. The fraction of sp³-hybridized carbons (Fsp3) is 0.241. The number of fused-ring (bicyclic) bond motifs is 2. The lowest BCUT2D eigenvalue weighted by atomic mass is 9.95. The molecule has 0 spiro atoms. The maximum atomic E-state index is 13.6. The molecule has 0 N–H and O–H groups in total. The third-order valence-electron chi connectivity index (χ3n) is 6.84. The Morgan fingerprint density at radius 2 is 1.92 bits per heavy atom. The smallest absolute Gasteiger partial charge is 0.248 e. The second kappa shape index (κ2) is 10.1. The standard InChI is InChI=1S/C29H26N4O3/c1-36-19-28(34)32-13-10-20(11-14-32)29(35)33-18-26(25-7-2-3-8-27(25)33)23(16-30)15-21-5-4-6-22-17-31-12-9-24(21)22/h2-9,12,15,17-18,20H,10-11,13-14,19H2,1H3. The number of benzene rings is 2. The van der Waals surface area contributed by atoms with Gasteiger partial charge in [0, 0.05) is 61.0 Å². The summed E-state index contributed by atoms with van der Waals surface area (Å²) in [6, 6.07) is 17.9. The van der Waals surface area contributed by atoms with Gasteiger partial charge in [0.2, 0.25) is 11.8 Å². The van der Waals surface area contributed by atoms with E-state index in [0.717, 1.165) is 32.8 Å². The Morgan fingerprint density at radius 3 is 2.69 bits per heavy atom. The number of carbonyl (C=O) groups excluding carboxylic acids is 2. The van der Waals surface area contributed by atoms with Crippen molar-refractivity contribution in [2.45, 2.75) is 12.8 Å². The van der Waals surface area contributed by atoms with Crippen LogP contribution in [0.3, 0.4) is 0 Å². The molecule has 1 aliphatic rings. The van der Waals surface area contributed by atoms with Crippen molar-refractivity contribution in [3.05, 3.63) is 78.2 Å². The first kappa shape index (κ1) is 23.5. The number of ether oxygens (including phenoxy) is 1. The predicted molar refractivity (Wildman–Crippen MR) is 139 cm³/mol. The number of methoxy groups -OCH3 is 1. The van der Waals surface area contributed by atoms with Crippen molar-refractivity contribution in [3.8, 4) is 6.07 Å². The highest BCUT2D eigenvalue weighted by Gasteiger charge is 2.29. The lowest BCUT2D eigenvalue weighted by Gasteiger charge is -2.31. The Kier molecular flexibility index (Phi) is 6.61. The molecule has 36 heavy (non-hydrogen) atoms. The van der Waals surface area contributed by atoms with Gasteiger partial charge < -0.3 is 9.64 Å². The van der Waals surface area contributed by atoms with Crippen LogP contribution in [0.5, 0.6) is 0 Å². The largest absolute Gasteiger partial charge is 0.375 e. The zero-order chi connectivity index (χ0) is 25.1. The minimum absolute atomic E-state index is 0.00943. The number of piperidine rings is 1. The lowest BCUT2D eigenvalue weighted by Crippen LogP contribution is -2.42. The van der Waals surface area contributed by atoms with Crippen LogP contribution in [0, 0.1) is 17.2 Å². The van der Waals surface area contributed by atoms with Crippen molar-refractivity contribution in [2.75, 3.05) is 26.8 Å². The van der Waals surface area contributed by atoms with Gasteiger partial charge in [0.25, 0.3) is 0 Å². The molecule has 3 heterocycles. The molecular formula is C29H26N4O3. The highest BCUT2D eigenvalue weighted by atomic mass is 16.5.